The number of phenols is 2. The highest BCUT2D eigenvalue weighted by molar-refractivity contribution is 5.59. The molecule has 0 aliphatic rings. The number of aromatic hydroxyl groups is 2. The molecule has 2 nitrogen and oxygen atoms in total. The Morgan fingerprint density at radius 2 is 0.829 bits per heavy atom. The van der Waals surface area contributed by atoms with Crippen LogP contribution < -0.4 is 0 Å². The molecule has 0 heterocycles. The van der Waals surface area contributed by atoms with E-state index in [0.29, 0.717) is 5.75 Å². The van der Waals surface area contributed by atoms with Gasteiger partial charge >= 0.3 is 0 Å². The van der Waals surface area contributed by atoms with Crippen molar-refractivity contribution in [2.75, 3.05) is 0 Å². The summed E-state index contributed by atoms with van der Waals surface area (Å²) in [6, 6.07) is 41.6. The lowest BCUT2D eigenvalue weighted by molar-refractivity contribution is 0.452. The normalized spacial score (nSPS) is 12.3. The Morgan fingerprint density at radius 3 is 1.27 bits per heavy atom. The maximum atomic E-state index is 11.6. The van der Waals surface area contributed by atoms with Gasteiger partial charge in [-0.15, -0.1) is 0 Å². The number of rotatable bonds is 7. The first-order chi connectivity index (χ1) is 19.5. The van der Waals surface area contributed by atoms with Crippen LogP contribution in [0.2, 0.25) is 0 Å². The summed E-state index contributed by atoms with van der Waals surface area (Å²) in [5.41, 5.74) is 7.74. The van der Waals surface area contributed by atoms with E-state index in [1.807, 2.05) is 31.2 Å². The van der Waals surface area contributed by atoms with Crippen molar-refractivity contribution in [1.29, 1.82) is 0 Å². The Balaban J connectivity index is 1.60. The molecule has 0 saturated heterocycles. The summed E-state index contributed by atoms with van der Waals surface area (Å²) < 4.78 is 0. The molecule has 0 aliphatic carbocycles. The molecule has 0 amide bonds. The highest BCUT2D eigenvalue weighted by atomic mass is 16.3. The van der Waals surface area contributed by atoms with E-state index in [1.54, 1.807) is 12.1 Å². The monoisotopic (exact) mass is 540 g/mol. The van der Waals surface area contributed by atoms with Crippen molar-refractivity contribution in [1.82, 2.24) is 0 Å². The topological polar surface area (TPSA) is 40.5 Å². The summed E-state index contributed by atoms with van der Waals surface area (Å²) in [5.74, 6) is 0.617. The van der Waals surface area contributed by atoms with Crippen LogP contribution in [0, 0.1) is 6.92 Å². The van der Waals surface area contributed by atoms with Crippen LogP contribution in [0.25, 0.3) is 0 Å². The Morgan fingerprint density at radius 1 is 0.439 bits per heavy atom. The van der Waals surface area contributed by atoms with Gasteiger partial charge in [0.25, 0.3) is 0 Å². The summed E-state index contributed by atoms with van der Waals surface area (Å²) in [6.07, 6.45) is 0. The van der Waals surface area contributed by atoms with Crippen molar-refractivity contribution in [3.8, 4) is 11.5 Å². The van der Waals surface area contributed by atoms with E-state index < -0.39 is 5.41 Å². The van der Waals surface area contributed by atoms with Gasteiger partial charge in [0, 0.05) is 21.8 Å². The minimum absolute atomic E-state index is 0.203. The fourth-order valence-electron chi connectivity index (χ4n) is 6.06. The third kappa shape index (κ3) is 5.04. The Labute approximate surface area is 245 Å². The second-order valence-electron chi connectivity index (χ2n) is 12.4. The third-order valence-corrected chi connectivity index (χ3v) is 9.18. The maximum absolute atomic E-state index is 11.6. The number of benzene rings is 5. The zero-order valence-corrected chi connectivity index (χ0v) is 24.9. The maximum Gasteiger partial charge on any atom is 0.122 e. The summed E-state index contributed by atoms with van der Waals surface area (Å²) >= 11 is 0. The van der Waals surface area contributed by atoms with E-state index >= 15 is 0 Å². The molecule has 0 aromatic heterocycles. The van der Waals surface area contributed by atoms with Crippen molar-refractivity contribution < 1.29 is 10.2 Å². The molecular formula is C39H40O2. The Hall–Kier alpha value is -4.30. The van der Waals surface area contributed by atoms with Gasteiger partial charge in [0.05, 0.1) is 0 Å². The third-order valence-electron chi connectivity index (χ3n) is 9.18. The number of hydrogen-bond acceptors (Lipinski definition) is 2. The first kappa shape index (κ1) is 28.2. The van der Waals surface area contributed by atoms with Crippen LogP contribution in [0.1, 0.15) is 79.1 Å². The smallest absolute Gasteiger partial charge is 0.122 e. The summed E-state index contributed by atoms with van der Waals surface area (Å²) in [4.78, 5) is 0. The molecule has 208 valence electrons. The van der Waals surface area contributed by atoms with Gasteiger partial charge in [-0.25, -0.2) is 0 Å². The van der Waals surface area contributed by atoms with Crippen molar-refractivity contribution in [2.24, 2.45) is 0 Å². The first-order valence-corrected chi connectivity index (χ1v) is 14.3. The predicted octanol–water partition coefficient (Wildman–Crippen LogP) is 9.41. The van der Waals surface area contributed by atoms with Gasteiger partial charge in [0.15, 0.2) is 0 Å². The zero-order chi connectivity index (χ0) is 29.4. The van der Waals surface area contributed by atoms with E-state index in [2.05, 4.69) is 120 Å². The van der Waals surface area contributed by atoms with Crippen molar-refractivity contribution in [3.05, 3.63) is 166 Å². The molecule has 2 N–H and O–H groups in total. The molecule has 41 heavy (non-hydrogen) atoms. The molecule has 2 heteroatoms. The van der Waals surface area contributed by atoms with Gasteiger partial charge < -0.3 is 10.2 Å². The quantitative estimate of drug-likeness (QED) is 0.202. The molecule has 0 bridgehead atoms. The SMILES string of the molecule is Cc1cc(C(C)(C)c2ccc(C(C)(C)c3ccc(O)cc3)cc2)cc(C(C)(c2ccccc2)c2ccccc2)c1O. The molecule has 5 rings (SSSR count). The number of phenolic OH excluding ortho intramolecular Hbond substituents is 2. The van der Waals surface area contributed by atoms with Crippen molar-refractivity contribution in [3.63, 3.8) is 0 Å². The zero-order valence-electron chi connectivity index (χ0n) is 24.9. The Kier molecular flexibility index (Phi) is 7.30. The molecule has 0 saturated carbocycles. The molecule has 5 aromatic rings. The second kappa shape index (κ2) is 10.6. The number of aryl methyl sites for hydroxylation is 1. The lowest BCUT2D eigenvalue weighted by atomic mass is 9.68. The summed E-state index contributed by atoms with van der Waals surface area (Å²) in [7, 11) is 0. The Bertz CT molecular complexity index is 1590. The van der Waals surface area contributed by atoms with Crippen LogP contribution in [-0.2, 0) is 16.2 Å². The van der Waals surface area contributed by atoms with E-state index in [1.165, 1.54) is 11.1 Å². The van der Waals surface area contributed by atoms with Crippen LogP contribution >= 0.6 is 0 Å². The van der Waals surface area contributed by atoms with Crippen LogP contribution in [0.4, 0.5) is 0 Å². The van der Waals surface area contributed by atoms with E-state index in [-0.39, 0.29) is 16.6 Å². The van der Waals surface area contributed by atoms with Gasteiger partial charge in [-0.2, -0.15) is 0 Å². The molecule has 0 spiro atoms. The minimum atomic E-state index is -0.540. The lowest BCUT2D eigenvalue weighted by Crippen LogP contribution is -2.27. The molecule has 0 unspecified atom stereocenters. The fraction of sp³-hybridized carbons (Fsp3) is 0.231. The van der Waals surface area contributed by atoms with E-state index in [0.717, 1.165) is 33.4 Å². The molecular weight excluding hydrogens is 500 g/mol. The van der Waals surface area contributed by atoms with E-state index in [4.69, 9.17) is 0 Å². The predicted molar refractivity (Wildman–Crippen MR) is 170 cm³/mol. The highest BCUT2D eigenvalue weighted by Gasteiger charge is 2.36. The average Bonchev–Trinajstić information content (AvgIpc) is 2.99. The highest BCUT2D eigenvalue weighted by Crippen LogP contribution is 2.46. The lowest BCUT2D eigenvalue weighted by Gasteiger charge is -2.35. The summed E-state index contributed by atoms with van der Waals surface area (Å²) in [5, 5.41) is 21.3. The standard InChI is InChI=1S/C39H40O2/c1-27-25-33(26-35(36(27)41)39(6,31-13-9-7-10-14-31)32-15-11-8-12-16-32)38(4,5)29-19-17-28(18-20-29)37(2,3)30-21-23-34(40)24-22-30/h7-26,40-41H,1-6H3. The largest absolute Gasteiger partial charge is 0.508 e. The number of hydrogen-bond donors (Lipinski definition) is 2. The van der Waals surface area contributed by atoms with Crippen LogP contribution in [0.3, 0.4) is 0 Å². The van der Waals surface area contributed by atoms with Gasteiger partial charge in [-0.05, 0) is 71.0 Å². The molecule has 0 aliphatic heterocycles. The van der Waals surface area contributed by atoms with Crippen LogP contribution in [0.5, 0.6) is 11.5 Å². The summed E-state index contributed by atoms with van der Waals surface area (Å²) in [6.45, 7) is 13.1. The second-order valence-corrected chi connectivity index (χ2v) is 12.4. The van der Waals surface area contributed by atoms with Crippen molar-refractivity contribution >= 4 is 0 Å². The molecule has 0 radical (unpaired) electrons. The van der Waals surface area contributed by atoms with Crippen LogP contribution in [0.15, 0.2) is 121 Å². The van der Waals surface area contributed by atoms with Crippen molar-refractivity contribution in [2.45, 2.75) is 57.8 Å². The average molecular weight is 541 g/mol. The van der Waals surface area contributed by atoms with Gasteiger partial charge in [-0.3, -0.25) is 0 Å². The van der Waals surface area contributed by atoms with Gasteiger partial charge in [0.1, 0.15) is 11.5 Å². The minimum Gasteiger partial charge on any atom is -0.508 e. The first-order valence-electron chi connectivity index (χ1n) is 14.3. The molecule has 0 fully saturated rings. The van der Waals surface area contributed by atoms with Gasteiger partial charge in [0.2, 0.25) is 0 Å². The molecule has 0 atom stereocenters. The fourth-order valence-corrected chi connectivity index (χ4v) is 6.06. The van der Waals surface area contributed by atoms with Gasteiger partial charge in [-0.1, -0.05) is 131 Å². The van der Waals surface area contributed by atoms with Crippen LogP contribution in [-0.4, -0.2) is 10.2 Å². The molecule has 5 aromatic carbocycles. The van der Waals surface area contributed by atoms with E-state index in [9.17, 15) is 10.2 Å².